The van der Waals surface area contributed by atoms with Crippen molar-refractivity contribution >= 4 is 56.8 Å². The number of hydrogen-bond acceptors (Lipinski definition) is 6. The molecule has 0 spiro atoms. The number of thioether (sulfide) groups is 1. The van der Waals surface area contributed by atoms with Crippen molar-refractivity contribution in [3.8, 4) is 0 Å². The molecule has 1 amide bonds. The first-order valence-corrected chi connectivity index (χ1v) is 8.58. The molecule has 0 bridgehead atoms. The maximum absolute atomic E-state index is 11.6. The summed E-state index contributed by atoms with van der Waals surface area (Å²) >= 11 is 6.14. The van der Waals surface area contributed by atoms with E-state index < -0.39 is 4.92 Å². The minimum Gasteiger partial charge on any atom is -0.272 e. The van der Waals surface area contributed by atoms with Gasteiger partial charge in [-0.05, 0) is 40.2 Å². The van der Waals surface area contributed by atoms with Gasteiger partial charge in [0.05, 0.1) is 20.7 Å². The molecule has 0 fully saturated rings. The van der Waals surface area contributed by atoms with E-state index in [0.717, 1.165) is 13.6 Å². The number of thiophene rings is 1. The van der Waals surface area contributed by atoms with Crippen LogP contribution in [0.5, 0.6) is 0 Å². The molecule has 0 unspecified atom stereocenters. The Balaban J connectivity index is 1.77. The third-order valence-electron chi connectivity index (χ3n) is 2.39. The van der Waals surface area contributed by atoms with E-state index in [-0.39, 0.29) is 17.3 Å². The molecule has 6 nitrogen and oxygen atoms in total. The maximum Gasteiger partial charge on any atom is 0.269 e. The highest BCUT2D eigenvalue weighted by Crippen LogP contribution is 2.21. The van der Waals surface area contributed by atoms with E-state index in [2.05, 4.69) is 26.5 Å². The van der Waals surface area contributed by atoms with Crippen LogP contribution in [0, 0.1) is 10.1 Å². The van der Waals surface area contributed by atoms with Gasteiger partial charge in [0.15, 0.2) is 0 Å². The van der Waals surface area contributed by atoms with Crippen molar-refractivity contribution in [1.82, 2.24) is 5.43 Å². The molecule has 0 radical (unpaired) electrons. The minimum absolute atomic E-state index is 0.0283. The van der Waals surface area contributed by atoms with Gasteiger partial charge in [0, 0.05) is 21.9 Å². The quantitative estimate of drug-likeness (QED) is 0.347. The summed E-state index contributed by atoms with van der Waals surface area (Å²) in [6, 6.07) is 9.83. The first-order chi connectivity index (χ1) is 10.5. The van der Waals surface area contributed by atoms with Crippen LogP contribution in [0.4, 0.5) is 5.69 Å². The number of carbonyl (C=O) groups excluding carboxylic acids is 1. The second kappa shape index (κ2) is 8.06. The Morgan fingerprint density at radius 1 is 1.36 bits per heavy atom. The summed E-state index contributed by atoms with van der Waals surface area (Å²) < 4.78 is 0.994. The van der Waals surface area contributed by atoms with Gasteiger partial charge in [-0.25, -0.2) is 5.43 Å². The van der Waals surface area contributed by atoms with Gasteiger partial charge in [-0.1, -0.05) is 0 Å². The molecule has 0 aliphatic rings. The average Bonchev–Trinajstić information content (AvgIpc) is 2.91. The van der Waals surface area contributed by atoms with E-state index in [1.807, 2.05) is 12.1 Å². The molecule has 22 heavy (non-hydrogen) atoms. The van der Waals surface area contributed by atoms with Crippen LogP contribution in [0.15, 0.2) is 50.2 Å². The number of nitro benzene ring substituents is 1. The van der Waals surface area contributed by atoms with Gasteiger partial charge in [-0.3, -0.25) is 14.9 Å². The monoisotopic (exact) mass is 399 g/mol. The molecule has 0 atom stereocenters. The molecule has 1 aromatic heterocycles. The van der Waals surface area contributed by atoms with Crippen molar-refractivity contribution in [1.29, 1.82) is 0 Å². The Hall–Kier alpha value is -1.71. The predicted octanol–water partition coefficient (Wildman–Crippen LogP) is 3.66. The number of non-ortho nitro benzene ring substituents is 1. The summed E-state index contributed by atoms with van der Waals surface area (Å²) in [5, 5.41) is 14.4. The Kier molecular flexibility index (Phi) is 6.10. The smallest absolute Gasteiger partial charge is 0.269 e. The normalized spacial score (nSPS) is 10.8. The maximum atomic E-state index is 11.6. The molecule has 2 rings (SSSR count). The summed E-state index contributed by atoms with van der Waals surface area (Å²) in [4.78, 5) is 23.4. The first-order valence-electron chi connectivity index (χ1n) is 5.99. The fourth-order valence-corrected chi connectivity index (χ4v) is 3.40. The Bertz CT molecular complexity index is 701. The highest BCUT2D eigenvalue weighted by atomic mass is 79.9. The van der Waals surface area contributed by atoms with Gasteiger partial charge in [-0.15, -0.1) is 23.1 Å². The number of rotatable bonds is 6. The van der Waals surface area contributed by atoms with Crippen molar-refractivity contribution in [3.63, 3.8) is 0 Å². The van der Waals surface area contributed by atoms with Crippen LogP contribution in [0.25, 0.3) is 0 Å². The predicted molar refractivity (Wildman–Crippen MR) is 91.6 cm³/mol. The largest absolute Gasteiger partial charge is 0.272 e. The summed E-state index contributed by atoms with van der Waals surface area (Å²) in [6.45, 7) is 0. The van der Waals surface area contributed by atoms with Crippen LogP contribution in [0.1, 0.15) is 4.88 Å². The van der Waals surface area contributed by atoms with E-state index >= 15 is 0 Å². The lowest BCUT2D eigenvalue weighted by Crippen LogP contribution is -2.19. The molecule has 1 heterocycles. The summed E-state index contributed by atoms with van der Waals surface area (Å²) in [5.74, 6) is -0.0567. The zero-order valence-electron chi connectivity index (χ0n) is 11.1. The molecule has 0 aliphatic carbocycles. The first kappa shape index (κ1) is 16.7. The van der Waals surface area contributed by atoms with E-state index in [4.69, 9.17) is 0 Å². The minimum atomic E-state index is -0.460. The van der Waals surface area contributed by atoms with Gasteiger partial charge >= 0.3 is 0 Å². The molecule has 114 valence electrons. The fraction of sp³-hybridized carbons (Fsp3) is 0.0769. The summed E-state index contributed by atoms with van der Waals surface area (Å²) in [7, 11) is 0. The van der Waals surface area contributed by atoms with Crippen LogP contribution >= 0.6 is 39.0 Å². The molecule has 0 saturated heterocycles. The standard InChI is InChI=1S/C13H10BrN3O3S2/c14-12-6-5-11(22-12)7-15-16-13(18)8-21-10-3-1-9(2-4-10)17(19)20/h1-7H,8H2,(H,16,18)/b15-7-. The van der Waals surface area contributed by atoms with Crippen LogP contribution in [-0.4, -0.2) is 22.8 Å². The number of nitro groups is 1. The summed E-state index contributed by atoms with van der Waals surface area (Å²) in [6.07, 6.45) is 1.57. The molecule has 2 aromatic rings. The van der Waals surface area contributed by atoms with E-state index in [1.165, 1.54) is 35.2 Å². The van der Waals surface area contributed by atoms with Crippen LogP contribution in [0.3, 0.4) is 0 Å². The third kappa shape index (κ3) is 5.24. The van der Waals surface area contributed by atoms with Crippen LogP contribution in [0.2, 0.25) is 0 Å². The number of hydrazone groups is 1. The lowest BCUT2D eigenvalue weighted by Gasteiger charge is -2.00. The van der Waals surface area contributed by atoms with Gasteiger partial charge in [0.1, 0.15) is 0 Å². The zero-order chi connectivity index (χ0) is 15.9. The molecule has 0 saturated carbocycles. The van der Waals surface area contributed by atoms with Crippen molar-refractivity contribution in [2.24, 2.45) is 5.10 Å². The summed E-state index contributed by atoms with van der Waals surface area (Å²) in [5.41, 5.74) is 2.46. The van der Waals surface area contributed by atoms with Gasteiger partial charge in [0.25, 0.3) is 5.69 Å². The number of benzene rings is 1. The second-order valence-corrected chi connectivity index (χ2v) is 7.52. The molecular weight excluding hydrogens is 390 g/mol. The zero-order valence-corrected chi connectivity index (χ0v) is 14.3. The third-order valence-corrected chi connectivity index (χ3v) is 4.96. The van der Waals surface area contributed by atoms with E-state index in [0.29, 0.717) is 0 Å². The molecular formula is C13H10BrN3O3S2. The van der Waals surface area contributed by atoms with E-state index in [1.54, 1.807) is 18.3 Å². The van der Waals surface area contributed by atoms with Gasteiger partial charge in [0.2, 0.25) is 5.91 Å². The number of nitrogens with zero attached hydrogens (tertiary/aromatic N) is 2. The highest BCUT2D eigenvalue weighted by molar-refractivity contribution is 9.11. The Labute approximate surface area is 142 Å². The molecule has 1 aromatic carbocycles. The Morgan fingerprint density at radius 2 is 2.09 bits per heavy atom. The number of amides is 1. The number of nitrogens with one attached hydrogen (secondary N) is 1. The van der Waals surface area contributed by atoms with Crippen LogP contribution < -0.4 is 5.43 Å². The molecule has 0 aliphatic heterocycles. The van der Waals surface area contributed by atoms with Crippen molar-refractivity contribution in [2.75, 3.05) is 5.75 Å². The van der Waals surface area contributed by atoms with Crippen molar-refractivity contribution in [2.45, 2.75) is 4.90 Å². The van der Waals surface area contributed by atoms with Crippen molar-refractivity contribution < 1.29 is 9.72 Å². The average molecular weight is 400 g/mol. The highest BCUT2D eigenvalue weighted by Gasteiger charge is 2.06. The number of hydrogen-bond donors (Lipinski definition) is 1. The van der Waals surface area contributed by atoms with Gasteiger partial charge < -0.3 is 0 Å². The lowest BCUT2D eigenvalue weighted by molar-refractivity contribution is -0.384. The molecule has 9 heteroatoms. The second-order valence-electron chi connectivity index (χ2n) is 3.97. The van der Waals surface area contributed by atoms with Crippen molar-refractivity contribution in [3.05, 3.63) is 55.2 Å². The van der Waals surface area contributed by atoms with Gasteiger partial charge in [-0.2, -0.15) is 5.10 Å². The molecule has 1 N–H and O–H groups in total. The lowest BCUT2D eigenvalue weighted by atomic mass is 10.3. The number of carbonyl (C=O) groups is 1. The fourth-order valence-electron chi connectivity index (χ4n) is 1.41. The SMILES string of the molecule is O=C(CSc1ccc([N+](=O)[O-])cc1)N/N=C\c1ccc(Br)s1. The Morgan fingerprint density at radius 3 is 2.68 bits per heavy atom. The number of halogens is 1. The van der Waals surface area contributed by atoms with Crippen LogP contribution in [-0.2, 0) is 4.79 Å². The topological polar surface area (TPSA) is 84.6 Å². The van der Waals surface area contributed by atoms with E-state index in [9.17, 15) is 14.9 Å².